The highest BCUT2D eigenvalue weighted by atomic mass is 16.6. The van der Waals surface area contributed by atoms with Gasteiger partial charge in [0.1, 0.15) is 0 Å². The average Bonchev–Trinajstić information content (AvgIpc) is 3.06. The third-order valence-corrected chi connectivity index (χ3v) is 6.51. The molecule has 1 aromatic heterocycles. The monoisotopic (exact) mass is 398 g/mol. The number of rotatable bonds is 3. The van der Waals surface area contributed by atoms with E-state index in [1.165, 1.54) is 52.1 Å². The average molecular weight is 399 g/mol. The molecule has 1 saturated carbocycles. The zero-order valence-corrected chi connectivity index (χ0v) is 17.5. The highest BCUT2D eigenvalue weighted by Crippen LogP contribution is 2.29. The third kappa shape index (κ3) is 4.73. The Hall–Kier alpha value is -2.12. The maximum atomic E-state index is 7.97. The first-order chi connectivity index (χ1) is 14.3. The van der Waals surface area contributed by atoms with Gasteiger partial charge < -0.3 is 14.5 Å². The maximum Gasteiger partial charge on any atom is 0.242 e. The summed E-state index contributed by atoms with van der Waals surface area (Å²) in [7, 11) is 1.49. The second-order valence-corrected chi connectivity index (χ2v) is 8.37. The van der Waals surface area contributed by atoms with Crippen molar-refractivity contribution in [2.24, 2.45) is 4.99 Å². The van der Waals surface area contributed by atoms with Crippen LogP contribution in [-0.4, -0.2) is 46.7 Å². The van der Waals surface area contributed by atoms with Crippen LogP contribution in [-0.2, 0) is 4.84 Å². The van der Waals surface area contributed by atoms with Gasteiger partial charge in [-0.05, 0) is 37.8 Å². The molecule has 1 saturated heterocycles. The van der Waals surface area contributed by atoms with Gasteiger partial charge in [0.25, 0.3) is 0 Å². The molecule has 0 spiro atoms. The fourth-order valence-corrected chi connectivity index (χ4v) is 5.07. The summed E-state index contributed by atoms with van der Waals surface area (Å²) in [5.41, 5.74) is 5.43. The molecule has 1 aromatic carbocycles. The molecular formula is C22H34N6O. The van der Waals surface area contributed by atoms with E-state index >= 15 is 0 Å². The molecule has 2 fully saturated rings. The standard InChI is InChI=1S/C22H34N6O/c1-29-26-21(23)25-22-24-19-11-7-8-12-20(19)28(22)18-13-15-27(16-14-18)17-9-5-3-2-4-6-10-17/h7-8,11-12,17-18H,2-6,9-10,13-16H2,1H3,(H3,23,24,25,26). The molecule has 2 heterocycles. The zero-order valence-electron chi connectivity index (χ0n) is 17.5. The second kappa shape index (κ2) is 9.59. The Balaban J connectivity index is 1.54. The van der Waals surface area contributed by atoms with Gasteiger partial charge in [-0.3, -0.25) is 10.2 Å². The van der Waals surface area contributed by atoms with Gasteiger partial charge in [-0.1, -0.05) is 44.2 Å². The van der Waals surface area contributed by atoms with Crippen LogP contribution in [0.5, 0.6) is 0 Å². The van der Waals surface area contributed by atoms with Crippen LogP contribution in [0, 0.1) is 5.41 Å². The molecule has 29 heavy (non-hydrogen) atoms. The molecule has 0 atom stereocenters. The van der Waals surface area contributed by atoms with Gasteiger partial charge in [-0.2, -0.15) is 4.99 Å². The van der Waals surface area contributed by atoms with Crippen molar-refractivity contribution >= 4 is 17.0 Å². The van der Waals surface area contributed by atoms with Gasteiger partial charge in [-0.25, -0.2) is 5.48 Å². The summed E-state index contributed by atoms with van der Waals surface area (Å²) in [5.74, 6) is -0.000220. The van der Waals surface area contributed by atoms with Crippen molar-refractivity contribution < 1.29 is 4.84 Å². The van der Waals surface area contributed by atoms with Gasteiger partial charge in [0.15, 0.2) is 0 Å². The summed E-state index contributed by atoms with van der Waals surface area (Å²) in [5, 5.41) is 7.97. The van der Waals surface area contributed by atoms with Crippen LogP contribution in [0.15, 0.2) is 29.3 Å². The molecule has 4 rings (SSSR count). The highest BCUT2D eigenvalue weighted by molar-refractivity contribution is 5.78. The Morgan fingerprint density at radius 2 is 1.72 bits per heavy atom. The van der Waals surface area contributed by atoms with Crippen LogP contribution in [0.25, 0.3) is 11.0 Å². The van der Waals surface area contributed by atoms with E-state index in [9.17, 15) is 0 Å². The number of nitrogens with one attached hydrogen (secondary N) is 3. The highest BCUT2D eigenvalue weighted by Gasteiger charge is 2.27. The molecule has 0 unspecified atom stereocenters. The molecule has 7 nitrogen and oxygen atoms in total. The number of para-hydroxylation sites is 2. The molecule has 7 heteroatoms. The van der Waals surface area contributed by atoms with Gasteiger partial charge in [0, 0.05) is 25.2 Å². The molecule has 1 aliphatic carbocycles. The van der Waals surface area contributed by atoms with Crippen LogP contribution >= 0.6 is 0 Å². The summed E-state index contributed by atoms with van der Waals surface area (Å²) in [6.07, 6.45) is 12.0. The molecule has 0 amide bonds. The number of H-pyrrole nitrogens is 1. The van der Waals surface area contributed by atoms with Crippen LogP contribution in [0.1, 0.15) is 63.8 Å². The van der Waals surface area contributed by atoms with Crippen molar-refractivity contribution in [3.8, 4) is 0 Å². The van der Waals surface area contributed by atoms with E-state index in [0.717, 1.165) is 43.0 Å². The quantitative estimate of drug-likeness (QED) is 0.419. The summed E-state index contributed by atoms with van der Waals surface area (Å²) in [6, 6.07) is 9.47. The predicted molar refractivity (Wildman–Crippen MR) is 116 cm³/mol. The van der Waals surface area contributed by atoms with E-state index < -0.39 is 0 Å². The summed E-state index contributed by atoms with van der Waals surface area (Å²) in [6.45, 7) is 2.30. The lowest BCUT2D eigenvalue weighted by Crippen LogP contribution is -2.43. The number of hydrogen-bond acceptors (Lipinski definition) is 3. The Kier molecular flexibility index (Phi) is 6.67. The van der Waals surface area contributed by atoms with Crippen molar-refractivity contribution in [2.75, 3.05) is 20.2 Å². The van der Waals surface area contributed by atoms with Crippen molar-refractivity contribution in [1.29, 1.82) is 5.41 Å². The zero-order chi connectivity index (χ0) is 20.1. The lowest BCUT2D eigenvalue weighted by atomic mass is 9.93. The van der Waals surface area contributed by atoms with E-state index in [4.69, 9.17) is 10.2 Å². The lowest BCUT2D eigenvalue weighted by molar-refractivity contribution is 0.115. The van der Waals surface area contributed by atoms with Gasteiger partial charge in [0.05, 0.1) is 18.1 Å². The number of benzene rings is 1. The summed E-state index contributed by atoms with van der Waals surface area (Å²) >= 11 is 0. The number of imidazole rings is 1. The van der Waals surface area contributed by atoms with E-state index in [0.29, 0.717) is 11.7 Å². The van der Waals surface area contributed by atoms with E-state index in [2.05, 4.69) is 43.1 Å². The van der Waals surface area contributed by atoms with Crippen molar-refractivity contribution in [1.82, 2.24) is 19.9 Å². The number of aromatic amines is 1. The van der Waals surface area contributed by atoms with Crippen molar-refractivity contribution in [3.63, 3.8) is 0 Å². The SMILES string of the molecule is CONC(=N)/N=c1\[nH]c2ccccc2n1C1CCN(C2CCCCCCC2)CC1. The largest absolute Gasteiger partial charge is 0.324 e. The van der Waals surface area contributed by atoms with E-state index in [1.807, 2.05) is 6.07 Å². The maximum absolute atomic E-state index is 7.97. The fourth-order valence-electron chi connectivity index (χ4n) is 5.07. The number of fused-ring (bicyclic) bond motifs is 1. The van der Waals surface area contributed by atoms with Crippen molar-refractivity contribution in [2.45, 2.75) is 69.9 Å². The minimum atomic E-state index is -0.000220. The molecule has 0 bridgehead atoms. The van der Waals surface area contributed by atoms with E-state index in [-0.39, 0.29) is 5.96 Å². The number of hydrogen-bond donors (Lipinski definition) is 3. The van der Waals surface area contributed by atoms with Gasteiger partial charge in [0.2, 0.25) is 11.6 Å². The van der Waals surface area contributed by atoms with Crippen LogP contribution in [0.4, 0.5) is 0 Å². The minimum absolute atomic E-state index is 0.000220. The molecule has 158 valence electrons. The van der Waals surface area contributed by atoms with Crippen molar-refractivity contribution in [3.05, 3.63) is 29.9 Å². The van der Waals surface area contributed by atoms with Crippen LogP contribution in [0.3, 0.4) is 0 Å². The number of piperidine rings is 1. The number of nitrogens with zero attached hydrogens (tertiary/aromatic N) is 3. The fraction of sp³-hybridized carbons (Fsp3) is 0.636. The first-order valence-corrected chi connectivity index (χ1v) is 11.1. The first kappa shape index (κ1) is 20.2. The summed E-state index contributed by atoms with van der Waals surface area (Å²) < 4.78 is 2.29. The van der Waals surface area contributed by atoms with Gasteiger partial charge in [-0.15, -0.1) is 0 Å². The Bertz CT molecular complexity index is 869. The Morgan fingerprint density at radius 1 is 1.03 bits per heavy atom. The smallest absolute Gasteiger partial charge is 0.242 e. The lowest BCUT2D eigenvalue weighted by Gasteiger charge is -2.39. The molecule has 2 aliphatic rings. The van der Waals surface area contributed by atoms with Gasteiger partial charge >= 0.3 is 0 Å². The van der Waals surface area contributed by atoms with E-state index in [1.54, 1.807) is 0 Å². The number of likely N-dealkylation sites (tertiary alicyclic amines) is 1. The molecule has 1 aliphatic heterocycles. The predicted octanol–water partition coefficient (Wildman–Crippen LogP) is 3.71. The summed E-state index contributed by atoms with van der Waals surface area (Å²) in [4.78, 5) is 15.4. The Labute approximate surface area is 172 Å². The molecule has 3 N–H and O–H groups in total. The molecule has 2 aromatic rings. The number of aromatic nitrogens is 2. The van der Waals surface area contributed by atoms with Crippen LogP contribution in [0.2, 0.25) is 0 Å². The van der Waals surface area contributed by atoms with Crippen LogP contribution < -0.4 is 11.1 Å². The topological polar surface area (TPSA) is 81.4 Å². The number of hydroxylamine groups is 1. The number of guanidine groups is 1. The minimum Gasteiger partial charge on any atom is -0.324 e. The second-order valence-electron chi connectivity index (χ2n) is 8.37. The normalized spacial score (nSPS) is 21.2. The molecule has 0 radical (unpaired) electrons. The molecular weight excluding hydrogens is 364 g/mol. The Morgan fingerprint density at radius 3 is 2.45 bits per heavy atom. The first-order valence-electron chi connectivity index (χ1n) is 11.1. The third-order valence-electron chi connectivity index (χ3n) is 6.51.